The standard InChI is InChI=1S/C20H26F3N5/c1-20(2,23)11-28-9-12-8-27(10-18(12)26-28)14-6-17(24)19(25-7-14)15-5-13(21)3-4-16(15)22/h3-5,9,14,17,19,25H,6-8,10-11,24H2,1-2H3. The van der Waals surface area contributed by atoms with Crippen molar-refractivity contribution < 1.29 is 13.2 Å². The lowest BCUT2D eigenvalue weighted by atomic mass is 9.89. The number of hydrogen-bond acceptors (Lipinski definition) is 4. The highest BCUT2D eigenvalue weighted by Gasteiger charge is 2.36. The summed E-state index contributed by atoms with van der Waals surface area (Å²) < 4.78 is 43.1. The smallest absolute Gasteiger partial charge is 0.128 e. The maximum atomic E-state index is 14.1. The third-order valence-corrected chi connectivity index (χ3v) is 5.54. The predicted molar refractivity (Wildman–Crippen MR) is 100 cm³/mol. The average molecular weight is 393 g/mol. The van der Waals surface area contributed by atoms with Crippen molar-refractivity contribution in [3.8, 4) is 0 Å². The molecule has 3 N–H and O–H groups in total. The van der Waals surface area contributed by atoms with Crippen LogP contribution in [0.25, 0.3) is 0 Å². The fourth-order valence-corrected chi connectivity index (χ4v) is 4.28. The van der Waals surface area contributed by atoms with Crippen LogP contribution in [0.3, 0.4) is 0 Å². The summed E-state index contributed by atoms with van der Waals surface area (Å²) in [7, 11) is 0. The van der Waals surface area contributed by atoms with Crippen LogP contribution in [0.2, 0.25) is 0 Å². The number of aromatic nitrogens is 2. The van der Waals surface area contributed by atoms with Crippen LogP contribution in [-0.2, 0) is 19.6 Å². The van der Waals surface area contributed by atoms with Crippen molar-refractivity contribution in [2.24, 2.45) is 5.73 Å². The molecule has 8 heteroatoms. The molecule has 1 fully saturated rings. The van der Waals surface area contributed by atoms with E-state index in [0.717, 1.165) is 29.9 Å². The highest BCUT2D eigenvalue weighted by atomic mass is 19.1. The van der Waals surface area contributed by atoms with Crippen molar-refractivity contribution in [1.29, 1.82) is 0 Å². The van der Waals surface area contributed by atoms with Crippen LogP contribution in [0.1, 0.15) is 43.1 Å². The molecule has 28 heavy (non-hydrogen) atoms. The highest BCUT2D eigenvalue weighted by molar-refractivity contribution is 5.26. The van der Waals surface area contributed by atoms with E-state index in [-0.39, 0.29) is 24.2 Å². The Bertz CT molecular complexity index is 837. The van der Waals surface area contributed by atoms with E-state index < -0.39 is 23.3 Å². The molecule has 2 aliphatic heterocycles. The van der Waals surface area contributed by atoms with Crippen LogP contribution in [0.4, 0.5) is 13.2 Å². The molecule has 0 saturated carbocycles. The quantitative estimate of drug-likeness (QED) is 0.839. The summed E-state index contributed by atoms with van der Waals surface area (Å²) in [6.45, 7) is 5.37. The number of fused-ring (bicyclic) bond motifs is 1. The molecule has 0 amide bonds. The average Bonchev–Trinajstić information content (AvgIpc) is 3.14. The minimum atomic E-state index is -1.30. The molecule has 0 bridgehead atoms. The first-order valence-electron chi connectivity index (χ1n) is 9.62. The Hall–Kier alpha value is -1.90. The number of piperidine rings is 1. The van der Waals surface area contributed by atoms with Crippen molar-refractivity contribution >= 4 is 0 Å². The maximum Gasteiger partial charge on any atom is 0.128 e. The van der Waals surface area contributed by atoms with E-state index in [1.165, 1.54) is 6.07 Å². The number of nitrogens with zero attached hydrogens (tertiary/aromatic N) is 3. The van der Waals surface area contributed by atoms with Gasteiger partial charge in [-0.2, -0.15) is 5.10 Å². The Morgan fingerprint density at radius 3 is 2.75 bits per heavy atom. The van der Waals surface area contributed by atoms with Gasteiger partial charge in [-0.1, -0.05) is 0 Å². The van der Waals surface area contributed by atoms with Crippen molar-refractivity contribution in [3.63, 3.8) is 0 Å². The number of hydrogen-bond donors (Lipinski definition) is 2. The summed E-state index contributed by atoms with van der Waals surface area (Å²) in [5, 5.41) is 7.81. The maximum absolute atomic E-state index is 14.1. The van der Waals surface area contributed by atoms with Crippen LogP contribution >= 0.6 is 0 Å². The predicted octanol–water partition coefficient (Wildman–Crippen LogP) is 2.66. The Balaban J connectivity index is 1.40. The van der Waals surface area contributed by atoms with Gasteiger partial charge in [0.2, 0.25) is 0 Å². The summed E-state index contributed by atoms with van der Waals surface area (Å²) >= 11 is 0. The van der Waals surface area contributed by atoms with E-state index in [1.54, 1.807) is 18.5 Å². The Morgan fingerprint density at radius 2 is 2.07 bits per heavy atom. The molecule has 152 valence electrons. The van der Waals surface area contributed by atoms with E-state index in [2.05, 4.69) is 15.3 Å². The van der Waals surface area contributed by atoms with Crippen LogP contribution < -0.4 is 11.1 Å². The zero-order valence-electron chi connectivity index (χ0n) is 16.1. The van der Waals surface area contributed by atoms with E-state index in [9.17, 15) is 13.2 Å². The van der Waals surface area contributed by atoms with Crippen molar-refractivity contribution in [3.05, 3.63) is 52.9 Å². The molecule has 1 aromatic heterocycles. The van der Waals surface area contributed by atoms with Gasteiger partial charge in [0.05, 0.1) is 18.3 Å². The number of benzene rings is 1. The second-order valence-corrected chi connectivity index (χ2v) is 8.53. The molecule has 3 heterocycles. The van der Waals surface area contributed by atoms with E-state index in [4.69, 9.17) is 5.73 Å². The van der Waals surface area contributed by atoms with Gasteiger partial charge in [0, 0.05) is 49.0 Å². The molecule has 0 aliphatic carbocycles. The van der Waals surface area contributed by atoms with Gasteiger partial charge in [-0.3, -0.25) is 9.58 Å². The zero-order chi connectivity index (χ0) is 20.1. The number of nitrogens with two attached hydrogens (primary N) is 1. The normalized spacial score (nSPS) is 25.9. The van der Waals surface area contributed by atoms with E-state index in [0.29, 0.717) is 19.5 Å². The van der Waals surface area contributed by atoms with E-state index >= 15 is 0 Å². The minimum Gasteiger partial charge on any atom is -0.326 e. The molecule has 1 aromatic carbocycles. The van der Waals surface area contributed by atoms with Crippen LogP contribution in [-0.4, -0.2) is 39.0 Å². The van der Waals surface area contributed by atoms with Gasteiger partial charge in [0.25, 0.3) is 0 Å². The monoisotopic (exact) mass is 393 g/mol. The lowest BCUT2D eigenvalue weighted by molar-refractivity contribution is 0.135. The zero-order valence-corrected chi connectivity index (χ0v) is 16.1. The Labute approximate surface area is 162 Å². The number of rotatable bonds is 4. The molecule has 2 aromatic rings. The topological polar surface area (TPSA) is 59.1 Å². The molecule has 2 aliphatic rings. The first-order chi connectivity index (χ1) is 13.2. The van der Waals surface area contributed by atoms with Gasteiger partial charge in [0.15, 0.2) is 0 Å². The number of alkyl halides is 1. The molecule has 0 radical (unpaired) electrons. The fourth-order valence-electron chi connectivity index (χ4n) is 4.28. The molecule has 4 rings (SSSR count). The van der Waals surface area contributed by atoms with Crippen LogP contribution in [0.5, 0.6) is 0 Å². The van der Waals surface area contributed by atoms with Gasteiger partial charge in [0.1, 0.15) is 17.3 Å². The number of halogens is 3. The van der Waals surface area contributed by atoms with Gasteiger partial charge >= 0.3 is 0 Å². The molecule has 3 atom stereocenters. The van der Waals surface area contributed by atoms with Gasteiger partial charge in [-0.25, -0.2) is 13.2 Å². The third kappa shape index (κ3) is 3.94. The molecular weight excluding hydrogens is 367 g/mol. The molecule has 5 nitrogen and oxygen atoms in total. The van der Waals surface area contributed by atoms with Gasteiger partial charge in [-0.05, 0) is 38.5 Å². The second-order valence-electron chi connectivity index (χ2n) is 8.53. The van der Waals surface area contributed by atoms with Gasteiger partial charge < -0.3 is 11.1 Å². The SMILES string of the molecule is CC(C)(F)Cn1cc2c(n1)CN(C1CNC(c3cc(F)ccc3F)C(N)C1)C2. The summed E-state index contributed by atoms with van der Waals surface area (Å²) in [6, 6.07) is 2.92. The summed E-state index contributed by atoms with van der Waals surface area (Å²) in [5.74, 6) is -0.912. The minimum absolute atomic E-state index is 0.183. The molecule has 1 saturated heterocycles. The fraction of sp³-hybridized carbons (Fsp3) is 0.550. The molecule has 3 unspecified atom stereocenters. The lowest BCUT2D eigenvalue weighted by Gasteiger charge is -2.39. The highest BCUT2D eigenvalue weighted by Crippen LogP contribution is 2.31. The third-order valence-electron chi connectivity index (χ3n) is 5.54. The number of nitrogens with one attached hydrogen (secondary N) is 1. The second kappa shape index (κ2) is 7.17. The summed E-state index contributed by atoms with van der Waals surface area (Å²) in [6.07, 6.45) is 2.59. The van der Waals surface area contributed by atoms with Crippen molar-refractivity contribution in [2.75, 3.05) is 6.54 Å². The van der Waals surface area contributed by atoms with Crippen molar-refractivity contribution in [2.45, 2.75) is 63.7 Å². The molecular formula is C20H26F3N5. The summed E-state index contributed by atoms with van der Waals surface area (Å²) in [5.41, 5.74) is 7.37. The van der Waals surface area contributed by atoms with Crippen LogP contribution in [0, 0.1) is 11.6 Å². The first-order valence-corrected chi connectivity index (χ1v) is 9.62. The summed E-state index contributed by atoms with van der Waals surface area (Å²) in [4.78, 5) is 2.29. The first kappa shape index (κ1) is 19.4. The van der Waals surface area contributed by atoms with Gasteiger partial charge in [-0.15, -0.1) is 0 Å². The Morgan fingerprint density at radius 1 is 1.29 bits per heavy atom. The largest absolute Gasteiger partial charge is 0.326 e. The Kier molecular flexibility index (Phi) is 4.97. The van der Waals surface area contributed by atoms with Crippen molar-refractivity contribution in [1.82, 2.24) is 20.0 Å². The van der Waals surface area contributed by atoms with E-state index in [1.807, 2.05) is 6.20 Å². The lowest BCUT2D eigenvalue weighted by Crippen LogP contribution is -2.54. The van der Waals surface area contributed by atoms with Crippen LogP contribution in [0.15, 0.2) is 24.4 Å². The molecule has 0 spiro atoms.